The van der Waals surface area contributed by atoms with Crippen LogP contribution >= 0.6 is 11.8 Å². The zero-order valence-corrected chi connectivity index (χ0v) is 13.1. The van der Waals surface area contributed by atoms with Gasteiger partial charge in [0.15, 0.2) is 11.5 Å². The van der Waals surface area contributed by atoms with Crippen molar-refractivity contribution in [2.75, 3.05) is 24.7 Å². The fraction of sp³-hybridized carbons (Fsp3) is 0.625. The summed E-state index contributed by atoms with van der Waals surface area (Å²) in [6.45, 7) is 3.68. The molecule has 0 bridgehead atoms. The number of rotatable bonds is 7. The van der Waals surface area contributed by atoms with E-state index >= 15 is 0 Å². The first kappa shape index (κ1) is 15.5. The fourth-order valence-electron chi connectivity index (χ4n) is 2.17. The zero-order valence-electron chi connectivity index (χ0n) is 12.3. The summed E-state index contributed by atoms with van der Waals surface area (Å²) in [5.74, 6) is 3.84. The predicted octanol–water partition coefficient (Wildman–Crippen LogP) is 3.77. The molecule has 1 aliphatic heterocycles. The van der Waals surface area contributed by atoms with E-state index in [0.717, 1.165) is 42.4 Å². The van der Waals surface area contributed by atoms with Crippen LogP contribution in [-0.4, -0.2) is 24.7 Å². The molecule has 0 spiro atoms. The molecule has 4 heteroatoms. The molecule has 20 heavy (non-hydrogen) atoms. The second-order valence-corrected chi connectivity index (χ2v) is 6.29. The molecule has 0 radical (unpaired) electrons. The molecule has 0 aliphatic carbocycles. The van der Waals surface area contributed by atoms with Crippen LogP contribution in [0.15, 0.2) is 18.2 Å². The van der Waals surface area contributed by atoms with Crippen molar-refractivity contribution >= 4 is 11.8 Å². The summed E-state index contributed by atoms with van der Waals surface area (Å²) in [7, 11) is 0. The number of nitrogens with two attached hydrogens (primary N) is 1. The molecule has 1 aliphatic rings. The van der Waals surface area contributed by atoms with Crippen LogP contribution in [0, 0.1) is 0 Å². The molecule has 0 fully saturated rings. The Balaban J connectivity index is 1.86. The SMILES string of the molecule is CCCCCSCC(N)c1ccc2c(c1)OCCCO2. The molecule has 112 valence electrons. The lowest BCUT2D eigenvalue weighted by molar-refractivity contribution is 0.297. The van der Waals surface area contributed by atoms with E-state index in [2.05, 4.69) is 13.0 Å². The molecular formula is C16H25NO2S. The Kier molecular flexibility index (Phi) is 6.54. The highest BCUT2D eigenvalue weighted by molar-refractivity contribution is 7.99. The first-order valence-electron chi connectivity index (χ1n) is 7.54. The van der Waals surface area contributed by atoms with Crippen LogP contribution in [0.25, 0.3) is 0 Å². The maximum atomic E-state index is 6.26. The second-order valence-electron chi connectivity index (χ2n) is 5.15. The smallest absolute Gasteiger partial charge is 0.161 e. The third kappa shape index (κ3) is 4.60. The van der Waals surface area contributed by atoms with Gasteiger partial charge in [0.2, 0.25) is 0 Å². The minimum absolute atomic E-state index is 0.0683. The van der Waals surface area contributed by atoms with E-state index in [1.807, 2.05) is 23.9 Å². The van der Waals surface area contributed by atoms with Crippen LogP contribution in [0.2, 0.25) is 0 Å². The van der Waals surface area contributed by atoms with Gasteiger partial charge in [0.05, 0.1) is 13.2 Å². The molecule has 2 rings (SSSR count). The molecule has 1 unspecified atom stereocenters. The summed E-state index contributed by atoms with van der Waals surface area (Å²) in [6.07, 6.45) is 4.80. The largest absolute Gasteiger partial charge is 0.490 e. The lowest BCUT2D eigenvalue weighted by atomic mass is 10.1. The summed E-state index contributed by atoms with van der Waals surface area (Å²) in [5.41, 5.74) is 7.40. The summed E-state index contributed by atoms with van der Waals surface area (Å²) < 4.78 is 11.3. The van der Waals surface area contributed by atoms with Crippen molar-refractivity contribution in [3.63, 3.8) is 0 Å². The molecule has 1 aromatic rings. The van der Waals surface area contributed by atoms with Gasteiger partial charge in [0, 0.05) is 18.2 Å². The number of hydrogen-bond donors (Lipinski definition) is 1. The Labute approximate surface area is 126 Å². The monoisotopic (exact) mass is 295 g/mol. The van der Waals surface area contributed by atoms with Crippen LogP contribution in [0.1, 0.15) is 44.2 Å². The maximum Gasteiger partial charge on any atom is 0.161 e. The van der Waals surface area contributed by atoms with Gasteiger partial charge in [0.25, 0.3) is 0 Å². The molecule has 1 atom stereocenters. The number of benzene rings is 1. The summed E-state index contributed by atoms with van der Waals surface area (Å²) in [4.78, 5) is 0. The van der Waals surface area contributed by atoms with Gasteiger partial charge in [-0.1, -0.05) is 25.8 Å². The number of ether oxygens (including phenoxy) is 2. The highest BCUT2D eigenvalue weighted by Crippen LogP contribution is 2.32. The Morgan fingerprint density at radius 3 is 2.80 bits per heavy atom. The van der Waals surface area contributed by atoms with Gasteiger partial charge in [0.1, 0.15) is 0 Å². The molecule has 0 aromatic heterocycles. The average molecular weight is 295 g/mol. The number of unbranched alkanes of at least 4 members (excludes halogenated alkanes) is 2. The second kappa shape index (κ2) is 8.42. The van der Waals surface area contributed by atoms with E-state index in [0.29, 0.717) is 0 Å². The van der Waals surface area contributed by atoms with Crippen molar-refractivity contribution in [2.24, 2.45) is 5.73 Å². The molecular weight excluding hydrogens is 270 g/mol. The van der Waals surface area contributed by atoms with Crippen molar-refractivity contribution in [3.05, 3.63) is 23.8 Å². The van der Waals surface area contributed by atoms with Gasteiger partial charge in [-0.3, -0.25) is 0 Å². The fourth-order valence-corrected chi connectivity index (χ4v) is 3.19. The van der Waals surface area contributed by atoms with Crippen LogP contribution < -0.4 is 15.2 Å². The van der Waals surface area contributed by atoms with Crippen LogP contribution in [0.5, 0.6) is 11.5 Å². The Morgan fingerprint density at radius 2 is 2.00 bits per heavy atom. The Morgan fingerprint density at radius 1 is 1.20 bits per heavy atom. The van der Waals surface area contributed by atoms with Crippen molar-refractivity contribution in [1.82, 2.24) is 0 Å². The Hall–Kier alpha value is -0.870. The van der Waals surface area contributed by atoms with Crippen molar-refractivity contribution in [1.29, 1.82) is 0 Å². The summed E-state index contributed by atoms with van der Waals surface area (Å²) in [6, 6.07) is 6.15. The van der Waals surface area contributed by atoms with E-state index in [1.54, 1.807) is 0 Å². The van der Waals surface area contributed by atoms with Crippen molar-refractivity contribution < 1.29 is 9.47 Å². The predicted molar refractivity (Wildman–Crippen MR) is 85.8 cm³/mol. The van der Waals surface area contributed by atoms with Gasteiger partial charge in [-0.15, -0.1) is 0 Å². The minimum Gasteiger partial charge on any atom is -0.490 e. The lowest BCUT2D eigenvalue weighted by Crippen LogP contribution is -2.13. The third-order valence-corrected chi connectivity index (χ3v) is 4.56. The first-order valence-corrected chi connectivity index (χ1v) is 8.69. The molecule has 0 amide bonds. The summed E-state index contributed by atoms with van der Waals surface area (Å²) in [5, 5.41) is 0. The topological polar surface area (TPSA) is 44.5 Å². The van der Waals surface area contributed by atoms with Crippen LogP contribution in [0.3, 0.4) is 0 Å². The number of fused-ring (bicyclic) bond motifs is 1. The van der Waals surface area contributed by atoms with E-state index in [4.69, 9.17) is 15.2 Å². The highest BCUT2D eigenvalue weighted by Gasteiger charge is 2.13. The minimum atomic E-state index is 0.0683. The molecule has 2 N–H and O–H groups in total. The van der Waals surface area contributed by atoms with Gasteiger partial charge in [-0.25, -0.2) is 0 Å². The molecule has 0 saturated heterocycles. The highest BCUT2D eigenvalue weighted by atomic mass is 32.2. The van der Waals surface area contributed by atoms with Crippen molar-refractivity contribution in [3.8, 4) is 11.5 Å². The number of hydrogen-bond acceptors (Lipinski definition) is 4. The molecule has 3 nitrogen and oxygen atoms in total. The third-order valence-electron chi connectivity index (χ3n) is 3.39. The van der Waals surface area contributed by atoms with Crippen molar-refractivity contribution in [2.45, 2.75) is 38.6 Å². The van der Waals surface area contributed by atoms with Gasteiger partial charge in [-0.2, -0.15) is 11.8 Å². The van der Waals surface area contributed by atoms with Gasteiger partial charge < -0.3 is 15.2 Å². The molecule has 1 heterocycles. The summed E-state index contributed by atoms with van der Waals surface area (Å²) >= 11 is 1.94. The molecule has 1 aromatic carbocycles. The average Bonchev–Trinajstić information content (AvgIpc) is 2.71. The van der Waals surface area contributed by atoms with E-state index in [1.165, 1.54) is 25.0 Å². The van der Waals surface area contributed by atoms with E-state index in [9.17, 15) is 0 Å². The quantitative estimate of drug-likeness (QED) is 0.778. The molecule has 0 saturated carbocycles. The van der Waals surface area contributed by atoms with Crippen LogP contribution in [-0.2, 0) is 0 Å². The van der Waals surface area contributed by atoms with E-state index in [-0.39, 0.29) is 6.04 Å². The van der Waals surface area contributed by atoms with E-state index < -0.39 is 0 Å². The van der Waals surface area contributed by atoms with Gasteiger partial charge in [-0.05, 0) is 29.9 Å². The standard InChI is InChI=1S/C16H25NO2S/c1-2-3-4-10-20-12-14(17)13-6-7-15-16(11-13)19-9-5-8-18-15/h6-7,11,14H,2-5,8-10,12,17H2,1H3. The Bertz CT molecular complexity index is 411. The van der Waals surface area contributed by atoms with Gasteiger partial charge >= 0.3 is 0 Å². The first-order chi connectivity index (χ1) is 9.81. The normalized spacial score (nSPS) is 15.7. The lowest BCUT2D eigenvalue weighted by Gasteiger charge is -2.14. The maximum absolute atomic E-state index is 6.26. The number of thioether (sulfide) groups is 1. The van der Waals surface area contributed by atoms with Crippen LogP contribution in [0.4, 0.5) is 0 Å². The zero-order chi connectivity index (χ0) is 14.2.